The highest BCUT2D eigenvalue weighted by Crippen LogP contribution is 2.32. The first-order chi connectivity index (χ1) is 19.5. The van der Waals surface area contributed by atoms with Crippen molar-refractivity contribution in [2.24, 2.45) is 5.92 Å². The molecule has 7 heteroatoms. The number of carbonyl (C=O) groups excluding carboxylic acids is 1. The Bertz CT molecular complexity index is 1550. The molecule has 2 aliphatic heterocycles. The fraction of sp³-hybridized carbons (Fsp3) is 0.364. The van der Waals surface area contributed by atoms with Gasteiger partial charge in [-0.2, -0.15) is 0 Å². The van der Waals surface area contributed by atoms with Crippen LogP contribution in [0.25, 0.3) is 22.5 Å². The number of rotatable bonds is 6. The third kappa shape index (κ3) is 5.73. The number of carbonyl (C=O) groups is 1. The van der Waals surface area contributed by atoms with Gasteiger partial charge < -0.3 is 20.2 Å². The van der Waals surface area contributed by atoms with Crippen LogP contribution in [0.1, 0.15) is 80.8 Å². The topological polar surface area (TPSA) is 89.7 Å². The zero-order valence-corrected chi connectivity index (χ0v) is 23.2. The average Bonchev–Trinajstić information content (AvgIpc) is 3.78. The lowest BCUT2D eigenvalue weighted by Gasteiger charge is -2.24. The number of nitrogens with one attached hydrogen (secondary N) is 3. The van der Waals surface area contributed by atoms with Crippen molar-refractivity contribution in [1.29, 1.82) is 0 Å². The molecule has 0 spiro atoms. The van der Waals surface area contributed by atoms with Crippen molar-refractivity contribution in [2.45, 2.75) is 58.0 Å². The highest BCUT2D eigenvalue weighted by Gasteiger charge is 2.32. The molecule has 7 nitrogen and oxygen atoms in total. The predicted molar refractivity (Wildman–Crippen MR) is 157 cm³/mol. The van der Waals surface area contributed by atoms with Crippen molar-refractivity contribution >= 4 is 5.91 Å². The predicted octanol–water partition coefficient (Wildman–Crippen LogP) is 6.00. The Morgan fingerprint density at radius 2 is 1.57 bits per heavy atom. The van der Waals surface area contributed by atoms with E-state index in [0.29, 0.717) is 18.4 Å². The molecule has 0 bridgehead atoms. The zero-order valence-electron chi connectivity index (χ0n) is 23.2. The molecule has 2 aliphatic rings. The number of benzene rings is 2. The maximum Gasteiger partial charge on any atom is 0.223 e. The number of amides is 1. The molecule has 2 saturated heterocycles. The lowest BCUT2D eigenvalue weighted by Crippen LogP contribution is -2.31. The Morgan fingerprint density at radius 3 is 2.20 bits per heavy atom. The molecule has 204 valence electrons. The second kappa shape index (κ2) is 11.5. The van der Waals surface area contributed by atoms with Crippen LogP contribution in [0.2, 0.25) is 0 Å². The molecule has 40 heavy (non-hydrogen) atoms. The van der Waals surface area contributed by atoms with Gasteiger partial charge in [0.05, 0.1) is 35.9 Å². The Morgan fingerprint density at radius 1 is 0.925 bits per heavy atom. The summed E-state index contributed by atoms with van der Waals surface area (Å²) >= 11 is 0. The first kappa shape index (κ1) is 26.1. The molecular formula is C33H36N6O. The normalized spacial score (nSPS) is 18.7. The van der Waals surface area contributed by atoms with Gasteiger partial charge in [-0.15, -0.1) is 0 Å². The van der Waals surface area contributed by atoms with Gasteiger partial charge in [-0.1, -0.05) is 50.0 Å². The van der Waals surface area contributed by atoms with Gasteiger partial charge in [-0.25, -0.2) is 9.97 Å². The second-order valence-corrected chi connectivity index (χ2v) is 11.3. The van der Waals surface area contributed by atoms with Gasteiger partial charge in [0.25, 0.3) is 0 Å². The molecule has 0 unspecified atom stereocenters. The van der Waals surface area contributed by atoms with Gasteiger partial charge in [-0.05, 0) is 62.4 Å². The lowest BCUT2D eigenvalue weighted by molar-refractivity contribution is -0.133. The maximum absolute atomic E-state index is 12.8. The molecule has 2 aromatic carbocycles. The number of hydrogen-bond donors (Lipinski definition) is 3. The summed E-state index contributed by atoms with van der Waals surface area (Å²) in [4.78, 5) is 31.0. The molecule has 6 rings (SSSR count). The van der Waals surface area contributed by atoms with Crippen molar-refractivity contribution in [2.75, 3.05) is 13.1 Å². The first-order valence-corrected chi connectivity index (χ1v) is 14.4. The Labute approximate surface area is 235 Å². The van der Waals surface area contributed by atoms with E-state index in [0.717, 1.165) is 77.6 Å². The number of likely N-dealkylation sites (tertiary alicyclic amines) is 1. The number of imidazole rings is 2. The van der Waals surface area contributed by atoms with Gasteiger partial charge in [0.1, 0.15) is 11.6 Å². The molecular weight excluding hydrogens is 496 g/mol. The molecule has 0 aliphatic carbocycles. The number of nitrogens with zero attached hydrogens (tertiary/aromatic N) is 3. The molecule has 2 atom stereocenters. The summed E-state index contributed by atoms with van der Waals surface area (Å²) in [5, 5.41) is 3.49. The van der Waals surface area contributed by atoms with Crippen molar-refractivity contribution in [1.82, 2.24) is 30.2 Å². The highest BCUT2D eigenvalue weighted by atomic mass is 16.2. The van der Waals surface area contributed by atoms with E-state index in [1.807, 2.05) is 41.6 Å². The summed E-state index contributed by atoms with van der Waals surface area (Å²) in [6, 6.07) is 16.8. The standard InChI is InChI=1S/C33H36N6O/c1-22(2)17-31(40)39-16-6-12-30(39)33-36-21-29(38-33)26-10-4-8-24(19-26)14-13-23-7-3-9-25(18-23)28-20-35-32(37-28)27-11-5-15-34-27/h3-4,7-10,18-22,27,30,34H,5-6,11-12,15-17H2,1-2H3,(H,35,37)(H,36,38)/t27-,30-/m0/s1. The van der Waals surface area contributed by atoms with Crippen LogP contribution in [0.4, 0.5) is 0 Å². The quantitative estimate of drug-likeness (QED) is 0.266. The summed E-state index contributed by atoms with van der Waals surface area (Å²) in [6.45, 7) is 6.03. The Hall–Kier alpha value is -4.15. The Balaban J connectivity index is 1.17. The number of H-pyrrole nitrogens is 2. The molecule has 4 aromatic rings. The summed E-state index contributed by atoms with van der Waals surface area (Å²) in [7, 11) is 0. The SMILES string of the molecule is CC(C)CC(=O)N1CCC[C@H]1c1ncc(-c2cccc(C#Cc3cccc(-c4cnc([C@@H]5CCCN5)[nH]4)c3)c2)[nH]1. The minimum absolute atomic E-state index is 0.0237. The van der Waals surface area contributed by atoms with Gasteiger partial charge in [-0.3, -0.25) is 4.79 Å². The van der Waals surface area contributed by atoms with Crippen LogP contribution in [-0.4, -0.2) is 43.8 Å². The van der Waals surface area contributed by atoms with Crippen molar-refractivity contribution in [3.63, 3.8) is 0 Å². The number of hydrogen-bond acceptors (Lipinski definition) is 4. The summed E-state index contributed by atoms with van der Waals surface area (Å²) in [5.41, 5.74) is 5.95. The summed E-state index contributed by atoms with van der Waals surface area (Å²) < 4.78 is 0. The van der Waals surface area contributed by atoms with E-state index in [4.69, 9.17) is 0 Å². The van der Waals surface area contributed by atoms with Crippen molar-refractivity contribution < 1.29 is 4.79 Å². The molecule has 0 radical (unpaired) electrons. The fourth-order valence-corrected chi connectivity index (χ4v) is 5.72. The summed E-state index contributed by atoms with van der Waals surface area (Å²) in [5.74, 6) is 9.10. The third-order valence-corrected chi connectivity index (χ3v) is 7.75. The van der Waals surface area contributed by atoms with Crippen molar-refractivity contribution in [3.8, 4) is 34.4 Å². The van der Waals surface area contributed by atoms with E-state index in [1.165, 1.54) is 6.42 Å². The largest absolute Gasteiger partial charge is 0.341 e. The average molecular weight is 533 g/mol. The molecule has 3 N–H and O–H groups in total. The van der Waals surface area contributed by atoms with E-state index in [9.17, 15) is 4.79 Å². The van der Waals surface area contributed by atoms with Crippen LogP contribution in [0.5, 0.6) is 0 Å². The minimum atomic E-state index is 0.0237. The Kier molecular flexibility index (Phi) is 7.52. The molecule has 0 saturated carbocycles. The van der Waals surface area contributed by atoms with E-state index in [2.05, 4.69) is 75.2 Å². The number of aromatic amines is 2. The van der Waals surface area contributed by atoms with Gasteiger partial charge in [0.2, 0.25) is 5.91 Å². The smallest absolute Gasteiger partial charge is 0.223 e. The van der Waals surface area contributed by atoms with Crippen LogP contribution in [0, 0.1) is 17.8 Å². The van der Waals surface area contributed by atoms with Crippen LogP contribution in [0.15, 0.2) is 60.9 Å². The van der Waals surface area contributed by atoms with Crippen molar-refractivity contribution in [3.05, 3.63) is 83.7 Å². The first-order valence-electron chi connectivity index (χ1n) is 14.4. The van der Waals surface area contributed by atoms with Gasteiger partial charge in [0, 0.05) is 35.2 Å². The van der Waals surface area contributed by atoms with Crippen LogP contribution in [-0.2, 0) is 4.79 Å². The van der Waals surface area contributed by atoms with E-state index >= 15 is 0 Å². The monoisotopic (exact) mass is 532 g/mol. The molecule has 2 fully saturated rings. The zero-order chi connectivity index (χ0) is 27.5. The summed E-state index contributed by atoms with van der Waals surface area (Å²) in [6.07, 6.45) is 8.62. The highest BCUT2D eigenvalue weighted by molar-refractivity contribution is 5.77. The second-order valence-electron chi connectivity index (χ2n) is 11.3. The van der Waals surface area contributed by atoms with Crippen LogP contribution >= 0.6 is 0 Å². The van der Waals surface area contributed by atoms with E-state index in [-0.39, 0.29) is 11.9 Å². The van der Waals surface area contributed by atoms with Crippen LogP contribution < -0.4 is 5.32 Å². The molecule has 2 aromatic heterocycles. The number of aromatic nitrogens is 4. The fourth-order valence-electron chi connectivity index (χ4n) is 5.72. The van der Waals surface area contributed by atoms with E-state index < -0.39 is 0 Å². The third-order valence-electron chi connectivity index (χ3n) is 7.75. The minimum Gasteiger partial charge on any atom is -0.341 e. The van der Waals surface area contributed by atoms with Gasteiger partial charge in [0.15, 0.2) is 0 Å². The molecule has 1 amide bonds. The van der Waals surface area contributed by atoms with Gasteiger partial charge >= 0.3 is 0 Å². The maximum atomic E-state index is 12.8. The van der Waals surface area contributed by atoms with Crippen LogP contribution in [0.3, 0.4) is 0 Å². The van der Waals surface area contributed by atoms with E-state index in [1.54, 1.807) is 0 Å². The lowest BCUT2D eigenvalue weighted by atomic mass is 10.1. The molecule has 4 heterocycles.